The van der Waals surface area contributed by atoms with Crippen molar-refractivity contribution in [2.24, 2.45) is 0 Å². The molecular formula is C7H15NOS. The van der Waals surface area contributed by atoms with Crippen molar-refractivity contribution in [3.05, 3.63) is 0 Å². The van der Waals surface area contributed by atoms with Gasteiger partial charge in [-0.2, -0.15) is 0 Å². The Hall–Kier alpha value is -0.0200. The van der Waals surface area contributed by atoms with Gasteiger partial charge in [-0.15, -0.1) is 0 Å². The fraction of sp³-hybridized carbons (Fsp3) is 0.857. The van der Waals surface area contributed by atoms with Crippen LogP contribution in [-0.4, -0.2) is 23.0 Å². The minimum Gasteiger partial charge on any atom is -0.304 e. The van der Waals surface area contributed by atoms with Crippen LogP contribution in [0.25, 0.3) is 0 Å². The van der Waals surface area contributed by atoms with Crippen LogP contribution < -0.4 is 5.32 Å². The predicted molar refractivity (Wildman–Crippen MR) is 46.3 cm³/mol. The number of hydrogen-bond acceptors (Lipinski definition) is 3. The molecule has 0 aliphatic carbocycles. The second kappa shape index (κ2) is 2.93. The summed E-state index contributed by atoms with van der Waals surface area (Å²) in [7, 11) is 0. The molecule has 0 radical (unpaired) electrons. The van der Waals surface area contributed by atoms with E-state index in [0.717, 1.165) is 12.2 Å². The number of carbonyl (C=O) groups is 1. The third kappa shape index (κ3) is 2.31. The van der Waals surface area contributed by atoms with Crippen LogP contribution >= 0.6 is 11.8 Å². The first-order chi connectivity index (χ1) is 4.60. The molecule has 1 fully saturated rings. The largest absolute Gasteiger partial charge is 0.304 e. The maximum atomic E-state index is 10.9. The van der Waals surface area contributed by atoms with Crippen molar-refractivity contribution in [1.29, 1.82) is 0 Å². The molecule has 1 N–H and O–H groups in total. The van der Waals surface area contributed by atoms with Crippen LogP contribution in [0.2, 0.25) is 0 Å². The van der Waals surface area contributed by atoms with Crippen molar-refractivity contribution in [2.75, 3.05) is 12.3 Å². The fourth-order valence-electron chi connectivity index (χ4n) is 0.871. The van der Waals surface area contributed by atoms with Crippen molar-refractivity contribution in [2.45, 2.75) is 25.8 Å². The van der Waals surface area contributed by atoms with Gasteiger partial charge in [-0.1, -0.05) is 11.8 Å². The SMILES string of the molecule is CC1(C)CCSC(=O)CN1.[HH]. The number of carbonyl (C=O) groups excluding carboxylic acids is 1. The molecule has 0 atom stereocenters. The highest BCUT2D eigenvalue weighted by atomic mass is 32.2. The van der Waals surface area contributed by atoms with E-state index in [9.17, 15) is 4.79 Å². The molecule has 0 spiro atoms. The van der Waals surface area contributed by atoms with Crippen molar-refractivity contribution >= 4 is 16.9 Å². The van der Waals surface area contributed by atoms with Crippen LogP contribution in [0.5, 0.6) is 0 Å². The number of rotatable bonds is 0. The Kier molecular flexibility index (Phi) is 2.36. The van der Waals surface area contributed by atoms with E-state index >= 15 is 0 Å². The van der Waals surface area contributed by atoms with E-state index in [-0.39, 0.29) is 12.1 Å². The van der Waals surface area contributed by atoms with E-state index < -0.39 is 0 Å². The minimum absolute atomic E-state index is 0. The van der Waals surface area contributed by atoms with E-state index in [1.807, 2.05) is 0 Å². The lowest BCUT2D eigenvalue weighted by Crippen LogP contribution is -2.39. The van der Waals surface area contributed by atoms with E-state index in [0.29, 0.717) is 6.54 Å². The Balaban J connectivity index is 0.000001000. The van der Waals surface area contributed by atoms with Crippen molar-refractivity contribution in [3.63, 3.8) is 0 Å². The van der Waals surface area contributed by atoms with Gasteiger partial charge in [0.15, 0.2) is 0 Å². The zero-order chi connectivity index (χ0) is 7.61. The molecule has 1 saturated heterocycles. The van der Waals surface area contributed by atoms with E-state index in [2.05, 4.69) is 19.2 Å². The van der Waals surface area contributed by atoms with Crippen molar-refractivity contribution in [3.8, 4) is 0 Å². The summed E-state index contributed by atoms with van der Waals surface area (Å²) in [6.07, 6.45) is 1.07. The Bertz CT molecular complexity index is 149. The Morgan fingerprint density at radius 3 is 3.10 bits per heavy atom. The van der Waals surface area contributed by atoms with Crippen LogP contribution in [0.3, 0.4) is 0 Å². The second-order valence-corrected chi connectivity index (χ2v) is 4.36. The smallest absolute Gasteiger partial charge is 0.202 e. The molecule has 3 heteroatoms. The Morgan fingerprint density at radius 2 is 2.40 bits per heavy atom. The lowest BCUT2D eigenvalue weighted by Gasteiger charge is -2.22. The molecule has 0 aromatic carbocycles. The topological polar surface area (TPSA) is 29.1 Å². The van der Waals surface area contributed by atoms with Gasteiger partial charge in [-0.25, -0.2) is 0 Å². The molecule has 1 rings (SSSR count). The first-order valence-corrected chi connectivity index (χ1v) is 4.49. The average Bonchev–Trinajstić information content (AvgIpc) is 1.94. The van der Waals surface area contributed by atoms with Crippen LogP contribution in [0, 0.1) is 0 Å². The van der Waals surface area contributed by atoms with Crippen molar-refractivity contribution < 1.29 is 6.22 Å². The monoisotopic (exact) mass is 161 g/mol. The Morgan fingerprint density at radius 1 is 1.70 bits per heavy atom. The fourth-order valence-corrected chi connectivity index (χ4v) is 1.89. The normalized spacial score (nSPS) is 26.0. The number of nitrogens with one attached hydrogen (secondary N) is 1. The van der Waals surface area contributed by atoms with Gasteiger partial charge in [0.1, 0.15) is 0 Å². The molecule has 1 aliphatic rings. The van der Waals surface area contributed by atoms with Gasteiger partial charge in [-0.3, -0.25) is 4.79 Å². The first kappa shape index (κ1) is 8.08. The van der Waals surface area contributed by atoms with Gasteiger partial charge >= 0.3 is 0 Å². The van der Waals surface area contributed by atoms with E-state index in [1.54, 1.807) is 0 Å². The summed E-state index contributed by atoms with van der Waals surface area (Å²) in [5.74, 6) is 0.957. The summed E-state index contributed by atoms with van der Waals surface area (Å²) in [4.78, 5) is 10.9. The molecule has 1 heterocycles. The highest BCUT2D eigenvalue weighted by Crippen LogP contribution is 2.17. The highest BCUT2D eigenvalue weighted by molar-refractivity contribution is 8.13. The van der Waals surface area contributed by atoms with Crippen LogP contribution in [0.15, 0.2) is 0 Å². The van der Waals surface area contributed by atoms with Gasteiger partial charge in [0.25, 0.3) is 0 Å². The predicted octanol–water partition coefficient (Wildman–Crippen LogP) is 1.26. The molecule has 10 heavy (non-hydrogen) atoms. The van der Waals surface area contributed by atoms with Gasteiger partial charge in [0.2, 0.25) is 5.12 Å². The molecule has 0 unspecified atom stereocenters. The van der Waals surface area contributed by atoms with Gasteiger partial charge < -0.3 is 5.32 Å². The van der Waals surface area contributed by atoms with Crippen LogP contribution in [0.1, 0.15) is 21.7 Å². The molecule has 60 valence electrons. The number of hydrogen-bond donors (Lipinski definition) is 1. The summed E-state index contributed by atoms with van der Waals surface area (Å²) >= 11 is 1.44. The molecular weight excluding hydrogens is 146 g/mol. The average molecular weight is 161 g/mol. The first-order valence-electron chi connectivity index (χ1n) is 3.51. The van der Waals surface area contributed by atoms with E-state index in [1.165, 1.54) is 11.8 Å². The maximum Gasteiger partial charge on any atom is 0.202 e. The molecule has 0 bridgehead atoms. The van der Waals surface area contributed by atoms with Crippen LogP contribution in [0.4, 0.5) is 0 Å². The zero-order valence-corrected chi connectivity index (χ0v) is 7.25. The second-order valence-electron chi connectivity index (χ2n) is 3.21. The summed E-state index contributed by atoms with van der Waals surface area (Å²) in [5, 5.41) is 3.47. The van der Waals surface area contributed by atoms with Crippen LogP contribution in [-0.2, 0) is 4.79 Å². The van der Waals surface area contributed by atoms with Gasteiger partial charge in [-0.05, 0) is 20.3 Å². The molecule has 0 aromatic heterocycles. The molecule has 0 amide bonds. The maximum absolute atomic E-state index is 10.9. The summed E-state index contributed by atoms with van der Waals surface area (Å²) in [6.45, 7) is 4.79. The summed E-state index contributed by atoms with van der Waals surface area (Å²) in [6, 6.07) is 0. The third-order valence-electron chi connectivity index (χ3n) is 1.70. The summed E-state index contributed by atoms with van der Waals surface area (Å²) in [5.41, 5.74) is 0.152. The van der Waals surface area contributed by atoms with Gasteiger partial charge in [0.05, 0.1) is 6.54 Å². The van der Waals surface area contributed by atoms with E-state index in [4.69, 9.17) is 0 Å². The quantitative estimate of drug-likeness (QED) is 0.580. The standard InChI is InChI=1S/C7H13NOS.H2/c1-7(2)3-4-10-6(9)5-8-7;/h8H,3-5H2,1-2H3;1H. The molecule has 0 saturated carbocycles. The van der Waals surface area contributed by atoms with Gasteiger partial charge in [0, 0.05) is 12.7 Å². The zero-order valence-electron chi connectivity index (χ0n) is 6.44. The number of thioether (sulfide) groups is 1. The Labute approximate surface area is 67.2 Å². The molecule has 0 aromatic rings. The highest BCUT2D eigenvalue weighted by Gasteiger charge is 2.21. The minimum atomic E-state index is 0. The van der Waals surface area contributed by atoms with Crippen molar-refractivity contribution in [1.82, 2.24) is 5.32 Å². The molecule has 2 nitrogen and oxygen atoms in total. The lowest BCUT2D eigenvalue weighted by molar-refractivity contribution is -0.110. The molecule has 1 aliphatic heterocycles. The lowest BCUT2D eigenvalue weighted by atomic mass is 10.0. The third-order valence-corrected chi connectivity index (χ3v) is 2.58. The summed E-state index contributed by atoms with van der Waals surface area (Å²) < 4.78 is 0.